The van der Waals surface area contributed by atoms with E-state index in [1.807, 2.05) is 36.4 Å². The van der Waals surface area contributed by atoms with Gasteiger partial charge in [-0.3, -0.25) is 9.59 Å². The Kier molecular flexibility index (Phi) is 7.15. The van der Waals surface area contributed by atoms with Gasteiger partial charge < -0.3 is 9.47 Å². The number of carbonyl (C=O) groups is 4. The highest BCUT2D eigenvalue weighted by Gasteiger charge is 2.67. The summed E-state index contributed by atoms with van der Waals surface area (Å²) in [5.41, 5.74) is 0.371. The second-order valence-corrected chi connectivity index (χ2v) is 13.5. The summed E-state index contributed by atoms with van der Waals surface area (Å²) in [4.78, 5) is 52.7. The molecular weight excluding hydrogens is 516 g/mol. The zero-order chi connectivity index (χ0) is 28.9. The molecule has 216 valence electrons. The van der Waals surface area contributed by atoms with Crippen molar-refractivity contribution in [3.8, 4) is 0 Å². The molecule has 0 saturated heterocycles. The van der Waals surface area contributed by atoms with Gasteiger partial charge in [0, 0.05) is 30.6 Å². The number of ketones is 2. The molecule has 6 nitrogen and oxygen atoms in total. The van der Waals surface area contributed by atoms with Crippen molar-refractivity contribution in [1.82, 2.24) is 0 Å². The van der Waals surface area contributed by atoms with Crippen molar-refractivity contribution in [2.45, 2.75) is 77.9 Å². The SMILES string of the molecule is CC(=O)C1CCC2C3C([C@H](OC(=O)c4ccccc4)C[C@]12C)[C@@]1(C)CCC(=O)C[C@H]1C[C@H]3OC(=O)c1ccccc1. The molecule has 0 amide bonds. The number of hydrogen-bond acceptors (Lipinski definition) is 6. The lowest BCUT2D eigenvalue weighted by atomic mass is 9.43. The van der Waals surface area contributed by atoms with Gasteiger partial charge in [0.05, 0.1) is 11.1 Å². The molecule has 0 N–H and O–H groups in total. The molecule has 0 aromatic heterocycles. The summed E-state index contributed by atoms with van der Waals surface area (Å²) in [6, 6.07) is 18.1. The van der Waals surface area contributed by atoms with Crippen molar-refractivity contribution in [2.24, 2.45) is 40.4 Å². The van der Waals surface area contributed by atoms with Gasteiger partial charge in [0.1, 0.15) is 23.8 Å². The Morgan fingerprint density at radius 1 is 0.805 bits per heavy atom. The average molecular weight is 557 g/mol. The zero-order valence-corrected chi connectivity index (χ0v) is 24.2. The lowest BCUT2D eigenvalue weighted by molar-refractivity contribution is -0.205. The fourth-order valence-electron chi connectivity index (χ4n) is 9.52. The van der Waals surface area contributed by atoms with Crippen molar-refractivity contribution < 1.29 is 28.7 Å². The van der Waals surface area contributed by atoms with Gasteiger partial charge in [-0.1, -0.05) is 50.2 Å². The van der Waals surface area contributed by atoms with Crippen LogP contribution in [0.3, 0.4) is 0 Å². The minimum absolute atomic E-state index is 0.0332. The monoisotopic (exact) mass is 556 g/mol. The maximum absolute atomic E-state index is 13.5. The molecule has 4 unspecified atom stereocenters. The summed E-state index contributed by atoms with van der Waals surface area (Å²) >= 11 is 0. The summed E-state index contributed by atoms with van der Waals surface area (Å²) in [6.45, 7) is 6.12. The molecule has 4 aliphatic rings. The molecule has 4 saturated carbocycles. The van der Waals surface area contributed by atoms with Crippen LogP contribution >= 0.6 is 0 Å². The van der Waals surface area contributed by atoms with Crippen LogP contribution in [0.5, 0.6) is 0 Å². The van der Waals surface area contributed by atoms with E-state index in [1.54, 1.807) is 31.2 Å². The summed E-state index contributed by atoms with van der Waals surface area (Å²) in [5.74, 6) is -0.431. The lowest BCUT2D eigenvalue weighted by Gasteiger charge is -2.63. The minimum atomic E-state index is -0.451. The molecule has 2 aromatic carbocycles. The van der Waals surface area contributed by atoms with Crippen molar-refractivity contribution in [3.63, 3.8) is 0 Å². The fourth-order valence-corrected chi connectivity index (χ4v) is 9.52. The molecule has 6 rings (SSSR count). The molecule has 0 radical (unpaired) electrons. The third kappa shape index (κ3) is 4.73. The fraction of sp³-hybridized carbons (Fsp3) is 0.543. The van der Waals surface area contributed by atoms with Crippen LogP contribution in [-0.4, -0.2) is 35.7 Å². The largest absolute Gasteiger partial charge is 0.458 e. The average Bonchev–Trinajstić information content (AvgIpc) is 3.31. The van der Waals surface area contributed by atoms with E-state index >= 15 is 0 Å². The zero-order valence-electron chi connectivity index (χ0n) is 24.2. The van der Waals surface area contributed by atoms with E-state index in [0.29, 0.717) is 36.8 Å². The van der Waals surface area contributed by atoms with Crippen LogP contribution in [0.4, 0.5) is 0 Å². The molecule has 9 atom stereocenters. The number of esters is 2. The Hall–Kier alpha value is -3.28. The van der Waals surface area contributed by atoms with Gasteiger partial charge in [0.25, 0.3) is 0 Å². The molecule has 6 heteroatoms. The molecule has 0 aliphatic heterocycles. The molecule has 0 heterocycles. The van der Waals surface area contributed by atoms with E-state index in [-0.39, 0.29) is 63.9 Å². The number of carbonyl (C=O) groups excluding carboxylic acids is 4. The molecular formula is C35H40O6. The first-order valence-electron chi connectivity index (χ1n) is 15.2. The van der Waals surface area contributed by atoms with E-state index in [9.17, 15) is 19.2 Å². The molecule has 0 spiro atoms. The van der Waals surface area contributed by atoms with E-state index < -0.39 is 12.2 Å². The van der Waals surface area contributed by atoms with Crippen LogP contribution in [0.25, 0.3) is 0 Å². The summed E-state index contributed by atoms with van der Waals surface area (Å²) in [7, 11) is 0. The summed E-state index contributed by atoms with van der Waals surface area (Å²) < 4.78 is 12.8. The number of fused-ring (bicyclic) bond motifs is 5. The first-order valence-corrected chi connectivity index (χ1v) is 15.2. The maximum atomic E-state index is 13.5. The number of Topliss-reactive ketones (excluding diaryl/α,β-unsaturated/α-hetero) is 2. The second kappa shape index (κ2) is 10.5. The Morgan fingerprint density at radius 3 is 1.98 bits per heavy atom. The third-order valence-electron chi connectivity index (χ3n) is 11.4. The smallest absolute Gasteiger partial charge is 0.338 e. The van der Waals surface area contributed by atoms with Crippen molar-refractivity contribution in [3.05, 3.63) is 71.8 Å². The van der Waals surface area contributed by atoms with Gasteiger partial charge in [-0.25, -0.2) is 9.59 Å². The topological polar surface area (TPSA) is 86.7 Å². The molecule has 4 aliphatic carbocycles. The Morgan fingerprint density at radius 2 is 1.39 bits per heavy atom. The number of rotatable bonds is 5. The van der Waals surface area contributed by atoms with Gasteiger partial charge in [0.15, 0.2) is 0 Å². The quantitative estimate of drug-likeness (QED) is 0.392. The van der Waals surface area contributed by atoms with E-state index in [2.05, 4.69) is 13.8 Å². The second-order valence-electron chi connectivity index (χ2n) is 13.5. The van der Waals surface area contributed by atoms with Crippen molar-refractivity contribution in [2.75, 3.05) is 0 Å². The van der Waals surface area contributed by atoms with Crippen molar-refractivity contribution >= 4 is 23.5 Å². The van der Waals surface area contributed by atoms with E-state index in [1.165, 1.54) is 0 Å². The summed E-state index contributed by atoms with van der Waals surface area (Å²) in [6.07, 6.45) is 3.69. The molecule has 2 aromatic rings. The van der Waals surface area contributed by atoms with Crippen LogP contribution in [0, 0.1) is 40.4 Å². The number of ether oxygens (including phenoxy) is 2. The molecule has 0 bridgehead atoms. The Balaban J connectivity index is 1.43. The number of hydrogen-bond donors (Lipinski definition) is 0. The van der Waals surface area contributed by atoms with Crippen LogP contribution in [0.1, 0.15) is 86.4 Å². The highest BCUT2D eigenvalue weighted by Crippen LogP contribution is 2.68. The maximum Gasteiger partial charge on any atom is 0.338 e. The van der Waals surface area contributed by atoms with E-state index in [4.69, 9.17) is 9.47 Å². The third-order valence-corrected chi connectivity index (χ3v) is 11.4. The highest BCUT2D eigenvalue weighted by molar-refractivity contribution is 5.90. The van der Waals surface area contributed by atoms with Crippen molar-refractivity contribution in [1.29, 1.82) is 0 Å². The van der Waals surface area contributed by atoms with Gasteiger partial charge in [0.2, 0.25) is 0 Å². The van der Waals surface area contributed by atoms with E-state index in [0.717, 1.165) is 19.3 Å². The van der Waals surface area contributed by atoms with Gasteiger partial charge in [-0.05, 0) is 86.0 Å². The molecule has 4 fully saturated rings. The van der Waals surface area contributed by atoms with Gasteiger partial charge >= 0.3 is 11.9 Å². The standard InChI is InChI=1S/C35H40O6/c1-21(36)26-14-15-27-30-28(40-32(38)22-10-6-4-7-11-22)19-24-18-25(37)16-17-34(24,2)31(30)29(20-35(26,27)3)41-33(39)23-12-8-5-9-13-23/h4-13,24,26-31H,14-20H2,1-3H3/t24-,26?,27?,28+,29+,30?,31?,34-,35+/m0/s1. The lowest BCUT2D eigenvalue weighted by Crippen LogP contribution is -2.64. The summed E-state index contributed by atoms with van der Waals surface area (Å²) in [5, 5.41) is 0. The Bertz CT molecular complexity index is 1340. The first-order chi connectivity index (χ1) is 19.6. The predicted octanol–water partition coefficient (Wildman–Crippen LogP) is 6.47. The van der Waals surface area contributed by atoms with Gasteiger partial charge in [-0.2, -0.15) is 0 Å². The normalized spacial score (nSPS) is 37.7. The first kappa shape index (κ1) is 27.9. The van der Waals surface area contributed by atoms with Gasteiger partial charge in [-0.15, -0.1) is 0 Å². The van der Waals surface area contributed by atoms with Crippen LogP contribution in [0.2, 0.25) is 0 Å². The number of benzene rings is 2. The Labute approximate surface area is 242 Å². The molecule has 41 heavy (non-hydrogen) atoms. The van der Waals surface area contributed by atoms with Crippen LogP contribution < -0.4 is 0 Å². The highest BCUT2D eigenvalue weighted by atomic mass is 16.6. The van der Waals surface area contributed by atoms with Crippen LogP contribution in [-0.2, 0) is 19.1 Å². The van der Waals surface area contributed by atoms with Crippen LogP contribution in [0.15, 0.2) is 60.7 Å². The minimum Gasteiger partial charge on any atom is -0.458 e. The predicted molar refractivity (Wildman–Crippen MR) is 153 cm³/mol.